The molecule has 1 aliphatic heterocycles. The van der Waals surface area contributed by atoms with Gasteiger partial charge in [-0.15, -0.1) is 0 Å². The summed E-state index contributed by atoms with van der Waals surface area (Å²) in [5.74, 6) is 0.209. The van der Waals surface area contributed by atoms with Gasteiger partial charge in [0.25, 0.3) is 0 Å². The molecule has 1 amide bonds. The Morgan fingerprint density at radius 2 is 2.15 bits per heavy atom. The number of alkyl halides is 1. The summed E-state index contributed by atoms with van der Waals surface area (Å²) in [6, 6.07) is -0.148. The highest BCUT2D eigenvalue weighted by molar-refractivity contribution is 14.1. The van der Waals surface area contributed by atoms with Crippen LogP contribution in [0.4, 0.5) is 0 Å². The minimum Gasteiger partial charge on any atom is -0.332 e. The Hall–Kier alpha value is -0.130. The van der Waals surface area contributed by atoms with E-state index in [0.29, 0.717) is 0 Å². The van der Waals surface area contributed by atoms with E-state index < -0.39 is 0 Å². The number of nitrogens with zero attached hydrogens (tertiary/aromatic N) is 1. The van der Waals surface area contributed by atoms with Gasteiger partial charge in [-0.1, -0.05) is 22.6 Å². The molecule has 1 heterocycles. The summed E-state index contributed by atoms with van der Waals surface area (Å²) in [6.07, 6.45) is 1.80. The highest BCUT2D eigenvalue weighted by atomic mass is 127. The first-order valence-corrected chi connectivity index (χ1v) is 5.73. The van der Waals surface area contributed by atoms with Crippen molar-refractivity contribution < 1.29 is 9.59 Å². The van der Waals surface area contributed by atoms with Gasteiger partial charge in [0.15, 0.2) is 5.78 Å². The van der Waals surface area contributed by atoms with Gasteiger partial charge in [0.05, 0.1) is 9.97 Å². The third-order valence-corrected chi connectivity index (χ3v) is 2.88. The zero-order chi connectivity index (χ0) is 10.0. The average molecular weight is 295 g/mol. The number of rotatable bonds is 2. The van der Waals surface area contributed by atoms with Crippen molar-refractivity contribution in [2.75, 3.05) is 6.54 Å². The number of ketones is 1. The summed E-state index contributed by atoms with van der Waals surface area (Å²) < 4.78 is -0.0300. The zero-order valence-corrected chi connectivity index (χ0v) is 10.1. The maximum Gasteiger partial charge on any atom is 0.235 e. The molecule has 0 spiro atoms. The van der Waals surface area contributed by atoms with E-state index in [-0.39, 0.29) is 21.7 Å². The molecule has 0 radical (unpaired) electrons. The van der Waals surface area contributed by atoms with Gasteiger partial charge in [-0.05, 0) is 26.7 Å². The van der Waals surface area contributed by atoms with Crippen molar-refractivity contribution in [3.05, 3.63) is 0 Å². The SMILES string of the molecule is CC(=O)[C@H]1CCCN1C(=O)[C@@H](C)I. The predicted molar refractivity (Wildman–Crippen MR) is 58.9 cm³/mol. The van der Waals surface area contributed by atoms with Crippen LogP contribution in [0.2, 0.25) is 0 Å². The molecule has 0 aliphatic carbocycles. The molecular weight excluding hydrogens is 281 g/mol. The van der Waals surface area contributed by atoms with Gasteiger partial charge in [-0.25, -0.2) is 0 Å². The molecule has 1 aliphatic rings. The molecule has 0 bridgehead atoms. The fourth-order valence-electron chi connectivity index (χ4n) is 1.68. The number of hydrogen-bond donors (Lipinski definition) is 0. The monoisotopic (exact) mass is 295 g/mol. The lowest BCUT2D eigenvalue weighted by Gasteiger charge is -2.23. The Morgan fingerprint density at radius 3 is 2.62 bits per heavy atom. The normalized spacial score (nSPS) is 24.5. The lowest BCUT2D eigenvalue weighted by Crippen LogP contribution is -2.42. The Bertz CT molecular complexity index is 228. The maximum atomic E-state index is 11.6. The third kappa shape index (κ3) is 2.42. The molecule has 0 aromatic carbocycles. The van der Waals surface area contributed by atoms with E-state index in [1.807, 2.05) is 6.92 Å². The Kier molecular flexibility index (Phi) is 3.70. The first kappa shape index (κ1) is 10.9. The molecule has 1 fully saturated rings. The number of amides is 1. The molecule has 0 saturated carbocycles. The summed E-state index contributed by atoms with van der Waals surface area (Å²) in [5.41, 5.74) is 0. The van der Waals surface area contributed by atoms with Crippen LogP contribution in [0, 0.1) is 0 Å². The van der Waals surface area contributed by atoms with E-state index in [0.717, 1.165) is 19.4 Å². The summed E-state index contributed by atoms with van der Waals surface area (Å²) in [6.45, 7) is 4.17. The van der Waals surface area contributed by atoms with E-state index in [2.05, 4.69) is 22.6 Å². The summed E-state index contributed by atoms with van der Waals surface area (Å²) in [4.78, 5) is 24.5. The van der Waals surface area contributed by atoms with Gasteiger partial charge in [0.1, 0.15) is 0 Å². The second kappa shape index (κ2) is 4.39. The largest absolute Gasteiger partial charge is 0.332 e. The standard InChI is InChI=1S/C9H14INO2/c1-6(10)9(13)11-5-3-4-8(11)7(2)12/h6,8H,3-5H2,1-2H3/t6-,8-/m1/s1. The average Bonchev–Trinajstić information content (AvgIpc) is 2.50. The summed E-state index contributed by atoms with van der Waals surface area (Å²) >= 11 is 2.09. The van der Waals surface area contributed by atoms with E-state index in [1.165, 1.54) is 0 Å². The molecule has 4 heteroatoms. The number of halogens is 1. The summed E-state index contributed by atoms with van der Waals surface area (Å²) in [5, 5.41) is 0. The van der Waals surface area contributed by atoms with Crippen LogP contribution in [0.5, 0.6) is 0 Å². The number of Topliss-reactive ketones (excluding diaryl/α,β-unsaturated/α-hetero) is 1. The molecule has 13 heavy (non-hydrogen) atoms. The van der Waals surface area contributed by atoms with Gasteiger partial charge in [0, 0.05) is 6.54 Å². The van der Waals surface area contributed by atoms with Crippen LogP contribution in [0.1, 0.15) is 26.7 Å². The van der Waals surface area contributed by atoms with Crippen molar-refractivity contribution in [3.63, 3.8) is 0 Å². The highest BCUT2D eigenvalue weighted by Crippen LogP contribution is 2.20. The predicted octanol–water partition coefficient (Wildman–Crippen LogP) is 1.39. The van der Waals surface area contributed by atoms with Crippen LogP contribution in [0.15, 0.2) is 0 Å². The van der Waals surface area contributed by atoms with Crippen molar-refractivity contribution in [2.45, 2.75) is 36.7 Å². The van der Waals surface area contributed by atoms with Gasteiger partial charge >= 0.3 is 0 Å². The fourth-order valence-corrected chi connectivity index (χ4v) is 2.04. The lowest BCUT2D eigenvalue weighted by molar-refractivity contribution is -0.135. The van der Waals surface area contributed by atoms with E-state index in [9.17, 15) is 9.59 Å². The van der Waals surface area contributed by atoms with Crippen LogP contribution in [-0.4, -0.2) is 33.1 Å². The molecule has 0 aromatic heterocycles. The molecule has 1 saturated heterocycles. The van der Waals surface area contributed by atoms with Gasteiger partial charge in [-0.2, -0.15) is 0 Å². The molecule has 2 atom stereocenters. The Morgan fingerprint density at radius 1 is 1.54 bits per heavy atom. The van der Waals surface area contributed by atoms with Crippen LogP contribution in [-0.2, 0) is 9.59 Å². The molecule has 1 rings (SSSR count). The number of carbonyl (C=O) groups is 2. The number of carbonyl (C=O) groups excluding carboxylic acids is 2. The van der Waals surface area contributed by atoms with Crippen molar-refractivity contribution >= 4 is 34.3 Å². The zero-order valence-electron chi connectivity index (χ0n) is 7.92. The first-order valence-electron chi connectivity index (χ1n) is 4.49. The number of hydrogen-bond acceptors (Lipinski definition) is 2. The van der Waals surface area contributed by atoms with Gasteiger partial charge in [-0.3, -0.25) is 9.59 Å². The second-order valence-corrected chi connectivity index (χ2v) is 5.28. The van der Waals surface area contributed by atoms with Crippen molar-refractivity contribution in [2.24, 2.45) is 0 Å². The summed E-state index contributed by atoms with van der Waals surface area (Å²) in [7, 11) is 0. The maximum absolute atomic E-state index is 11.6. The molecule has 3 nitrogen and oxygen atoms in total. The fraction of sp³-hybridized carbons (Fsp3) is 0.778. The first-order chi connectivity index (χ1) is 6.04. The topological polar surface area (TPSA) is 37.4 Å². The highest BCUT2D eigenvalue weighted by Gasteiger charge is 2.32. The van der Waals surface area contributed by atoms with Crippen LogP contribution < -0.4 is 0 Å². The molecule has 0 N–H and O–H groups in total. The van der Waals surface area contributed by atoms with Gasteiger partial charge < -0.3 is 4.90 Å². The third-order valence-electron chi connectivity index (χ3n) is 2.35. The van der Waals surface area contributed by atoms with E-state index in [4.69, 9.17) is 0 Å². The minimum atomic E-state index is -0.148. The van der Waals surface area contributed by atoms with Crippen molar-refractivity contribution in [1.82, 2.24) is 4.90 Å². The molecule has 0 aromatic rings. The lowest BCUT2D eigenvalue weighted by atomic mass is 10.1. The van der Waals surface area contributed by atoms with Gasteiger partial charge in [0.2, 0.25) is 5.91 Å². The second-order valence-electron chi connectivity index (χ2n) is 3.42. The Labute approximate surface area is 92.0 Å². The molecule has 74 valence electrons. The van der Waals surface area contributed by atoms with Crippen LogP contribution in [0.3, 0.4) is 0 Å². The van der Waals surface area contributed by atoms with Crippen molar-refractivity contribution in [1.29, 1.82) is 0 Å². The van der Waals surface area contributed by atoms with Crippen molar-refractivity contribution in [3.8, 4) is 0 Å². The quantitative estimate of drug-likeness (QED) is 0.570. The smallest absolute Gasteiger partial charge is 0.235 e. The molecular formula is C9H14INO2. The minimum absolute atomic E-state index is 0.0300. The van der Waals surface area contributed by atoms with Crippen LogP contribution in [0.25, 0.3) is 0 Å². The molecule has 0 unspecified atom stereocenters. The Balaban J connectivity index is 2.68. The van der Waals surface area contributed by atoms with E-state index >= 15 is 0 Å². The van der Waals surface area contributed by atoms with E-state index in [1.54, 1.807) is 11.8 Å². The number of likely N-dealkylation sites (tertiary alicyclic amines) is 1. The van der Waals surface area contributed by atoms with Crippen LogP contribution >= 0.6 is 22.6 Å².